The number of ketones is 1. The standard InChI is InChI=1S/C17H31N2O4/c1-3-13-7-9-18(10-8-13)12-16(20)14-5-6-17(23-4-2)15(11-14)19(21)22/h13-15,17,21H,3-12H2,1-2H3/q-1. The molecule has 3 atom stereocenters. The van der Waals surface area contributed by atoms with E-state index in [4.69, 9.17) is 4.74 Å². The average Bonchev–Trinajstić information content (AvgIpc) is 2.56. The number of nitrogens with zero attached hydrogens (tertiary/aromatic N) is 2. The molecule has 1 aliphatic carbocycles. The lowest BCUT2D eigenvalue weighted by Gasteiger charge is -2.42. The normalized spacial score (nSPS) is 30.7. The number of rotatable bonds is 7. The van der Waals surface area contributed by atoms with Crippen LogP contribution < -0.4 is 0 Å². The van der Waals surface area contributed by atoms with E-state index in [0.717, 1.165) is 25.4 Å². The van der Waals surface area contributed by atoms with Crippen molar-refractivity contribution >= 4 is 5.78 Å². The van der Waals surface area contributed by atoms with E-state index in [2.05, 4.69) is 11.8 Å². The largest absolute Gasteiger partial charge is 0.762 e. The molecule has 0 aromatic rings. The van der Waals surface area contributed by atoms with Crippen molar-refractivity contribution in [1.82, 2.24) is 10.1 Å². The highest BCUT2D eigenvalue weighted by molar-refractivity contribution is 5.83. The molecule has 0 bridgehead atoms. The van der Waals surface area contributed by atoms with Crippen molar-refractivity contribution in [2.75, 3.05) is 26.2 Å². The summed E-state index contributed by atoms with van der Waals surface area (Å²) < 4.78 is 5.54. The maximum atomic E-state index is 12.6. The predicted octanol–water partition coefficient (Wildman–Crippen LogP) is 2.44. The van der Waals surface area contributed by atoms with Crippen molar-refractivity contribution in [2.24, 2.45) is 11.8 Å². The van der Waals surface area contributed by atoms with Crippen LogP contribution in [0.4, 0.5) is 0 Å². The first-order valence-electron chi connectivity index (χ1n) is 9.07. The molecule has 1 aliphatic heterocycles. The second kappa shape index (κ2) is 9.08. The SMILES string of the molecule is CCOC1CCC(C(=O)CN2CCC(CC)CC2)CC1N([O-])O. The third-order valence-electron chi connectivity index (χ3n) is 5.54. The van der Waals surface area contributed by atoms with Gasteiger partial charge in [0, 0.05) is 18.6 Å². The molecular weight excluding hydrogens is 296 g/mol. The van der Waals surface area contributed by atoms with E-state index >= 15 is 0 Å². The molecule has 2 fully saturated rings. The summed E-state index contributed by atoms with van der Waals surface area (Å²) in [5.74, 6) is 0.877. The highest BCUT2D eigenvalue weighted by atomic mass is 16.8. The molecule has 1 heterocycles. The zero-order valence-corrected chi connectivity index (χ0v) is 14.4. The number of hydroxylamine groups is 2. The first-order chi connectivity index (χ1) is 11.0. The number of ether oxygens (including phenoxy) is 1. The first-order valence-corrected chi connectivity index (χ1v) is 9.07. The van der Waals surface area contributed by atoms with Crippen LogP contribution in [0, 0.1) is 17.0 Å². The van der Waals surface area contributed by atoms with Gasteiger partial charge >= 0.3 is 0 Å². The number of piperidine rings is 1. The quantitative estimate of drug-likeness (QED) is 0.724. The van der Waals surface area contributed by atoms with Gasteiger partial charge in [-0.3, -0.25) is 14.9 Å². The molecule has 2 aliphatic rings. The Labute approximate surface area is 139 Å². The van der Waals surface area contributed by atoms with Crippen LogP contribution >= 0.6 is 0 Å². The van der Waals surface area contributed by atoms with Gasteiger partial charge in [-0.15, -0.1) is 0 Å². The molecule has 3 unspecified atom stereocenters. The fourth-order valence-corrected chi connectivity index (χ4v) is 3.95. The molecule has 2 rings (SSSR count). The lowest BCUT2D eigenvalue weighted by atomic mass is 9.81. The van der Waals surface area contributed by atoms with Crippen molar-refractivity contribution in [2.45, 2.75) is 64.5 Å². The van der Waals surface area contributed by atoms with Crippen LogP contribution in [0.5, 0.6) is 0 Å². The van der Waals surface area contributed by atoms with Crippen LogP contribution in [-0.2, 0) is 9.53 Å². The van der Waals surface area contributed by atoms with Crippen molar-refractivity contribution in [3.05, 3.63) is 5.21 Å². The van der Waals surface area contributed by atoms with Crippen molar-refractivity contribution < 1.29 is 14.7 Å². The van der Waals surface area contributed by atoms with Crippen LogP contribution in [-0.4, -0.2) is 59.5 Å². The highest BCUT2D eigenvalue weighted by Crippen LogP contribution is 2.30. The van der Waals surface area contributed by atoms with Gasteiger partial charge in [-0.05, 0) is 58.0 Å². The number of carbonyl (C=O) groups excluding carboxylic acids is 1. The summed E-state index contributed by atoms with van der Waals surface area (Å²) in [6.45, 7) is 7.09. The van der Waals surface area contributed by atoms with E-state index in [1.807, 2.05) is 6.92 Å². The molecule has 1 saturated heterocycles. The summed E-state index contributed by atoms with van der Waals surface area (Å²) in [5.41, 5.74) is 0. The number of Topliss-reactive ketones (excluding diaryl/α,β-unsaturated/α-hetero) is 1. The van der Waals surface area contributed by atoms with E-state index in [-0.39, 0.29) is 23.0 Å². The first kappa shape index (κ1) is 18.8. The summed E-state index contributed by atoms with van der Waals surface area (Å²) >= 11 is 0. The summed E-state index contributed by atoms with van der Waals surface area (Å²) in [4.78, 5) is 14.8. The summed E-state index contributed by atoms with van der Waals surface area (Å²) in [5, 5.41) is 20.7. The van der Waals surface area contributed by atoms with Crippen molar-refractivity contribution in [3.8, 4) is 0 Å². The lowest BCUT2D eigenvalue weighted by molar-refractivity contribution is -0.152. The van der Waals surface area contributed by atoms with Crippen LogP contribution in [0.15, 0.2) is 0 Å². The molecule has 6 nitrogen and oxygen atoms in total. The molecule has 0 aromatic carbocycles. The number of hydrogen-bond donors (Lipinski definition) is 1. The molecular formula is C17H31N2O4-. The highest BCUT2D eigenvalue weighted by Gasteiger charge is 2.35. The zero-order chi connectivity index (χ0) is 16.8. The maximum Gasteiger partial charge on any atom is 0.149 e. The Morgan fingerprint density at radius 3 is 2.52 bits per heavy atom. The van der Waals surface area contributed by atoms with Crippen LogP contribution in [0.3, 0.4) is 0 Å². The predicted molar refractivity (Wildman–Crippen MR) is 88.0 cm³/mol. The Morgan fingerprint density at radius 2 is 1.96 bits per heavy atom. The van der Waals surface area contributed by atoms with Gasteiger partial charge < -0.3 is 15.2 Å². The second-order valence-corrected chi connectivity index (χ2v) is 6.97. The molecule has 0 aromatic heterocycles. The molecule has 0 radical (unpaired) electrons. The fraction of sp³-hybridized carbons (Fsp3) is 0.941. The Hall–Kier alpha value is -0.530. The summed E-state index contributed by atoms with van der Waals surface area (Å²) in [6.07, 6.45) is 5.11. The molecule has 0 amide bonds. The average molecular weight is 327 g/mol. The summed E-state index contributed by atoms with van der Waals surface area (Å²) in [6, 6.07) is -0.622. The fourth-order valence-electron chi connectivity index (χ4n) is 3.95. The third-order valence-corrected chi connectivity index (χ3v) is 5.54. The molecule has 0 spiro atoms. The molecule has 1 N–H and O–H groups in total. The van der Waals surface area contributed by atoms with Gasteiger partial charge in [-0.25, -0.2) is 0 Å². The maximum absolute atomic E-state index is 12.6. The lowest BCUT2D eigenvalue weighted by Crippen LogP contribution is -2.47. The van der Waals surface area contributed by atoms with E-state index in [0.29, 0.717) is 26.0 Å². The molecule has 6 heteroatoms. The monoisotopic (exact) mass is 327 g/mol. The molecule has 23 heavy (non-hydrogen) atoms. The van der Waals surface area contributed by atoms with Crippen LogP contribution in [0.25, 0.3) is 0 Å². The molecule has 1 saturated carbocycles. The van der Waals surface area contributed by atoms with Crippen LogP contribution in [0.1, 0.15) is 52.4 Å². The van der Waals surface area contributed by atoms with E-state index in [1.54, 1.807) is 0 Å². The summed E-state index contributed by atoms with van der Waals surface area (Å²) in [7, 11) is 0. The second-order valence-electron chi connectivity index (χ2n) is 6.97. The number of hydrogen-bond acceptors (Lipinski definition) is 6. The zero-order valence-electron chi connectivity index (χ0n) is 14.4. The molecule has 134 valence electrons. The van der Waals surface area contributed by atoms with Crippen LogP contribution in [0.2, 0.25) is 0 Å². The van der Waals surface area contributed by atoms with Gasteiger partial charge in [0.15, 0.2) is 0 Å². The Morgan fingerprint density at radius 1 is 1.26 bits per heavy atom. The minimum Gasteiger partial charge on any atom is -0.762 e. The van der Waals surface area contributed by atoms with Crippen molar-refractivity contribution in [1.29, 1.82) is 0 Å². The van der Waals surface area contributed by atoms with Gasteiger partial charge in [0.25, 0.3) is 0 Å². The van der Waals surface area contributed by atoms with Gasteiger partial charge in [0.1, 0.15) is 5.78 Å². The van der Waals surface area contributed by atoms with E-state index < -0.39 is 6.04 Å². The number of likely N-dealkylation sites (tertiary alicyclic amines) is 1. The Kier molecular flexibility index (Phi) is 7.43. The minimum atomic E-state index is -0.622. The smallest absolute Gasteiger partial charge is 0.149 e. The Balaban J connectivity index is 1.83. The number of carbonyl (C=O) groups is 1. The van der Waals surface area contributed by atoms with Gasteiger partial charge in [0.05, 0.1) is 12.6 Å². The van der Waals surface area contributed by atoms with Crippen molar-refractivity contribution in [3.63, 3.8) is 0 Å². The third kappa shape index (κ3) is 5.22. The van der Waals surface area contributed by atoms with E-state index in [1.165, 1.54) is 19.3 Å². The topological polar surface area (TPSA) is 76.1 Å². The minimum absolute atomic E-state index is 0.00743. The van der Waals surface area contributed by atoms with E-state index in [9.17, 15) is 15.2 Å². The van der Waals surface area contributed by atoms with Gasteiger partial charge in [0.2, 0.25) is 0 Å². The van der Waals surface area contributed by atoms with Gasteiger partial charge in [-0.1, -0.05) is 13.3 Å². The van der Waals surface area contributed by atoms with Gasteiger partial charge in [-0.2, -0.15) is 0 Å². The Bertz CT molecular complexity index is 370.